The highest BCUT2D eigenvalue weighted by molar-refractivity contribution is 8.00. The molecule has 0 saturated heterocycles. The topological polar surface area (TPSA) is 75.5 Å². The van der Waals surface area contributed by atoms with Gasteiger partial charge in [-0.3, -0.25) is 4.84 Å². The molecule has 1 heterocycles. The summed E-state index contributed by atoms with van der Waals surface area (Å²) < 4.78 is 6.03. The average molecular weight is 343 g/mol. The monoisotopic (exact) mass is 343 g/mol. The van der Waals surface area contributed by atoms with E-state index in [-0.39, 0.29) is 5.82 Å². The Morgan fingerprint density at radius 1 is 1.27 bits per heavy atom. The standard InChI is InChI=1S/C14H21N3O3S2/c1-13(2,3)19-12(18)17(20-14(4,5)6)10-9(8-15)22-11(16-10)21-7/h1-7H3. The molecule has 1 rings (SSSR count). The number of hydrogen-bond donors (Lipinski definition) is 0. The Morgan fingerprint density at radius 2 is 1.86 bits per heavy atom. The number of hydrogen-bond acceptors (Lipinski definition) is 7. The van der Waals surface area contributed by atoms with Gasteiger partial charge in [0, 0.05) is 0 Å². The summed E-state index contributed by atoms with van der Waals surface area (Å²) in [6.45, 7) is 10.7. The molecule has 0 aliphatic heterocycles. The molecule has 0 unspecified atom stereocenters. The highest BCUT2D eigenvalue weighted by Gasteiger charge is 2.32. The molecule has 0 spiro atoms. The van der Waals surface area contributed by atoms with Crippen LogP contribution in [-0.4, -0.2) is 28.5 Å². The zero-order chi connectivity index (χ0) is 17.1. The van der Waals surface area contributed by atoms with Crippen LogP contribution in [0.1, 0.15) is 46.4 Å². The van der Waals surface area contributed by atoms with E-state index in [1.54, 1.807) is 41.5 Å². The van der Waals surface area contributed by atoms with Crippen LogP contribution in [0.15, 0.2) is 4.34 Å². The summed E-state index contributed by atoms with van der Waals surface area (Å²) in [7, 11) is 0. The maximum absolute atomic E-state index is 12.4. The fourth-order valence-electron chi connectivity index (χ4n) is 1.34. The van der Waals surface area contributed by atoms with Crippen LogP contribution in [-0.2, 0) is 9.57 Å². The molecule has 0 aromatic carbocycles. The molecule has 0 aliphatic rings. The first-order valence-electron chi connectivity index (χ1n) is 6.64. The van der Waals surface area contributed by atoms with Gasteiger partial charge in [0.1, 0.15) is 11.7 Å². The number of thiazole rings is 1. The summed E-state index contributed by atoms with van der Waals surface area (Å²) in [5.41, 5.74) is -1.32. The first kappa shape index (κ1) is 18.7. The maximum atomic E-state index is 12.4. The quantitative estimate of drug-likeness (QED) is 0.604. The van der Waals surface area contributed by atoms with Crippen LogP contribution < -0.4 is 5.06 Å². The number of carbonyl (C=O) groups is 1. The number of nitriles is 1. The fraction of sp³-hybridized carbons (Fsp3) is 0.643. The number of amides is 1. The minimum absolute atomic E-state index is 0.168. The normalized spacial score (nSPS) is 11.9. The van der Waals surface area contributed by atoms with Gasteiger partial charge >= 0.3 is 6.09 Å². The number of hydroxylamine groups is 1. The summed E-state index contributed by atoms with van der Waals surface area (Å²) in [6.07, 6.45) is 1.16. The lowest BCUT2D eigenvalue weighted by molar-refractivity contribution is -0.0364. The zero-order valence-corrected chi connectivity index (χ0v) is 15.5. The number of aromatic nitrogens is 1. The van der Waals surface area contributed by atoms with E-state index in [0.29, 0.717) is 9.22 Å². The smallest absolute Gasteiger partial charge is 0.440 e. The second-order valence-corrected chi connectivity index (χ2v) is 8.48. The van der Waals surface area contributed by atoms with E-state index in [0.717, 1.165) is 5.06 Å². The van der Waals surface area contributed by atoms with Crippen molar-refractivity contribution in [3.8, 4) is 6.07 Å². The molecular weight excluding hydrogens is 322 g/mol. The molecule has 0 saturated carbocycles. The Morgan fingerprint density at radius 3 is 2.27 bits per heavy atom. The molecular formula is C14H21N3O3S2. The van der Waals surface area contributed by atoms with Crippen molar-refractivity contribution < 1.29 is 14.4 Å². The van der Waals surface area contributed by atoms with Crippen LogP contribution in [0.5, 0.6) is 0 Å². The second-order valence-electron chi connectivity index (χ2n) is 6.43. The number of anilines is 1. The first-order valence-corrected chi connectivity index (χ1v) is 8.68. The van der Waals surface area contributed by atoms with E-state index in [9.17, 15) is 10.1 Å². The summed E-state index contributed by atoms with van der Waals surface area (Å²) in [6, 6.07) is 2.05. The van der Waals surface area contributed by atoms with Crippen molar-refractivity contribution in [3.05, 3.63) is 4.88 Å². The van der Waals surface area contributed by atoms with Gasteiger partial charge in [-0.2, -0.15) is 5.26 Å². The van der Waals surface area contributed by atoms with Crippen molar-refractivity contribution in [3.63, 3.8) is 0 Å². The first-order chi connectivity index (χ1) is 9.96. The fourth-order valence-corrected chi connectivity index (χ4v) is 2.67. The third-order valence-electron chi connectivity index (χ3n) is 1.98. The summed E-state index contributed by atoms with van der Waals surface area (Å²) >= 11 is 2.61. The number of ether oxygens (including phenoxy) is 1. The third kappa shape index (κ3) is 5.48. The Bertz CT molecular complexity index is 580. The third-order valence-corrected chi connectivity index (χ3v) is 3.92. The molecule has 0 atom stereocenters. The predicted octanol–water partition coefficient (Wildman–Crippen LogP) is 4.21. The summed E-state index contributed by atoms with van der Waals surface area (Å²) in [4.78, 5) is 22.7. The Labute approximate surface area is 139 Å². The molecule has 0 aliphatic carbocycles. The van der Waals surface area contributed by atoms with Crippen molar-refractivity contribution in [1.82, 2.24) is 4.98 Å². The van der Waals surface area contributed by atoms with Crippen molar-refractivity contribution in [1.29, 1.82) is 5.26 Å². The summed E-state index contributed by atoms with van der Waals surface area (Å²) in [5.74, 6) is 0.168. The van der Waals surface area contributed by atoms with Gasteiger partial charge in [0.2, 0.25) is 0 Å². The van der Waals surface area contributed by atoms with E-state index in [1.165, 1.54) is 23.1 Å². The molecule has 122 valence electrons. The molecule has 8 heteroatoms. The van der Waals surface area contributed by atoms with Gasteiger partial charge in [-0.25, -0.2) is 9.78 Å². The molecule has 0 radical (unpaired) electrons. The van der Waals surface area contributed by atoms with Gasteiger partial charge in [-0.15, -0.1) is 5.06 Å². The Balaban J connectivity index is 3.24. The molecule has 1 aromatic rings. The van der Waals surface area contributed by atoms with Crippen molar-refractivity contribution >= 4 is 35.0 Å². The van der Waals surface area contributed by atoms with Gasteiger partial charge in [0.15, 0.2) is 15.0 Å². The van der Waals surface area contributed by atoms with E-state index in [1.807, 2.05) is 12.3 Å². The van der Waals surface area contributed by atoms with E-state index >= 15 is 0 Å². The highest BCUT2D eigenvalue weighted by Crippen LogP contribution is 2.33. The highest BCUT2D eigenvalue weighted by atomic mass is 32.2. The lowest BCUT2D eigenvalue weighted by atomic mass is 10.2. The lowest BCUT2D eigenvalue weighted by Gasteiger charge is -2.30. The van der Waals surface area contributed by atoms with E-state index in [4.69, 9.17) is 9.57 Å². The molecule has 0 fully saturated rings. The largest absolute Gasteiger partial charge is 0.442 e. The SMILES string of the molecule is CSc1nc(N(OC(C)(C)C)C(=O)OC(C)(C)C)c(C#N)s1. The second kappa shape index (κ2) is 6.86. The number of nitrogens with zero attached hydrogens (tertiary/aromatic N) is 3. The number of carbonyl (C=O) groups excluding carboxylic acids is 1. The van der Waals surface area contributed by atoms with E-state index < -0.39 is 17.3 Å². The van der Waals surface area contributed by atoms with Crippen molar-refractivity contribution in [2.24, 2.45) is 0 Å². The number of thioether (sulfide) groups is 1. The van der Waals surface area contributed by atoms with Gasteiger partial charge in [0.05, 0.1) is 5.60 Å². The van der Waals surface area contributed by atoms with Gasteiger partial charge in [-0.05, 0) is 47.8 Å². The van der Waals surface area contributed by atoms with Crippen molar-refractivity contribution in [2.45, 2.75) is 57.1 Å². The molecule has 1 amide bonds. The van der Waals surface area contributed by atoms with Gasteiger partial charge in [0.25, 0.3) is 0 Å². The van der Waals surface area contributed by atoms with Crippen LogP contribution in [0, 0.1) is 11.3 Å². The van der Waals surface area contributed by atoms with Crippen LogP contribution >= 0.6 is 23.1 Å². The van der Waals surface area contributed by atoms with Crippen molar-refractivity contribution in [2.75, 3.05) is 11.3 Å². The van der Waals surface area contributed by atoms with Crippen LogP contribution in [0.4, 0.5) is 10.6 Å². The van der Waals surface area contributed by atoms with Crippen LogP contribution in [0.3, 0.4) is 0 Å². The molecule has 1 aromatic heterocycles. The summed E-state index contributed by atoms with van der Waals surface area (Å²) in [5, 5.41) is 10.2. The maximum Gasteiger partial charge on any atom is 0.440 e. The zero-order valence-electron chi connectivity index (χ0n) is 13.9. The predicted molar refractivity (Wildman–Crippen MR) is 88.2 cm³/mol. The Hall–Kier alpha value is -1.30. The minimum atomic E-state index is -0.697. The molecule has 0 N–H and O–H groups in total. The number of rotatable bonds is 3. The molecule has 0 bridgehead atoms. The van der Waals surface area contributed by atoms with E-state index in [2.05, 4.69) is 4.98 Å². The van der Waals surface area contributed by atoms with Gasteiger partial charge in [-0.1, -0.05) is 23.1 Å². The van der Waals surface area contributed by atoms with Gasteiger partial charge < -0.3 is 4.74 Å². The molecule has 22 heavy (non-hydrogen) atoms. The Kier molecular flexibility index (Phi) is 5.84. The molecule has 6 nitrogen and oxygen atoms in total. The van der Waals surface area contributed by atoms with Crippen LogP contribution in [0.2, 0.25) is 0 Å². The lowest BCUT2D eigenvalue weighted by Crippen LogP contribution is -2.42. The minimum Gasteiger partial charge on any atom is -0.442 e. The van der Waals surface area contributed by atoms with Crippen LogP contribution in [0.25, 0.3) is 0 Å². The average Bonchev–Trinajstić information content (AvgIpc) is 2.75.